The molecule has 0 aromatic carbocycles. The van der Waals surface area contributed by atoms with E-state index in [0.717, 1.165) is 11.3 Å². The fourth-order valence-electron chi connectivity index (χ4n) is 1.45. The van der Waals surface area contributed by atoms with E-state index in [9.17, 15) is 19.5 Å². The number of rotatable bonds is 4. The molecule has 0 bridgehead atoms. The summed E-state index contributed by atoms with van der Waals surface area (Å²) in [6, 6.07) is 0. The number of hydrogen-bond acceptors (Lipinski definition) is 8. The molecular weight excluding hydrogens is 364 g/mol. The number of aromatic nitrogens is 1. The Kier molecular flexibility index (Phi) is 6.67. The summed E-state index contributed by atoms with van der Waals surface area (Å²) in [5.41, 5.74) is 0.0104. The third-order valence-corrected chi connectivity index (χ3v) is 2.97. The summed E-state index contributed by atoms with van der Waals surface area (Å²) in [6.07, 6.45) is -1.63. The Bertz CT molecular complexity index is 714. The summed E-state index contributed by atoms with van der Waals surface area (Å²) < 4.78 is 10.0. The maximum absolute atomic E-state index is 11.7. The number of hydrogen-bond donors (Lipinski definition) is 3. The van der Waals surface area contributed by atoms with E-state index in [2.05, 4.69) is 15.4 Å². The highest BCUT2D eigenvalue weighted by atomic mass is 32.1. The summed E-state index contributed by atoms with van der Waals surface area (Å²) in [5.74, 6) is -1.41. The van der Waals surface area contributed by atoms with Crippen molar-refractivity contribution >= 4 is 40.3 Å². The first-order valence-corrected chi connectivity index (χ1v) is 8.41. The highest BCUT2D eigenvalue weighted by Gasteiger charge is 2.21. The predicted octanol–water partition coefficient (Wildman–Crippen LogP) is 2.80. The van der Waals surface area contributed by atoms with E-state index in [0.29, 0.717) is 0 Å². The van der Waals surface area contributed by atoms with E-state index < -0.39 is 35.1 Å². The minimum Gasteiger partial charge on any atom is -0.476 e. The highest BCUT2D eigenvalue weighted by molar-refractivity contribution is 7.14. The molecule has 0 spiro atoms. The van der Waals surface area contributed by atoms with E-state index in [1.807, 2.05) is 5.43 Å². The molecule has 0 fully saturated rings. The Hall–Kier alpha value is -2.69. The molecule has 1 rings (SSSR count). The zero-order valence-electron chi connectivity index (χ0n) is 15.4. The highest BCUT2D eigenvalue weighted by Crippen LogP contribution is 2.18. The van der Waals surface area contributed by atoms with Crippen LogP contribution < -0.4 is 10.7 Å². The number of amides is 2. The zero-order valence-corrected chi connectivity index (χ0v) is 16.2. The van der Waals surface area contributed by atoms with Crippen LogP contribution in [0.4, 0.5) is 14.7 Å². The first-order valence-electron chi connectivity index (χ1n) is 7.53. The van der Waals surface area contributed by atoms with Crippen LogP contribution in [-0.2, 0) is 14.3 Å². The van der Waals surface area contributed by atoms with Crippen molar-refractivity contribution in [1.29, 1.82) is 0 Å². The minimum absolute atomic E-state index is 0.0374. The lowest BCUT2D eigenvalue weighted by Gasteiger charge is -2.18. The van der Waals surface area contributed by atoms with E-state index in [4.69, 9.17) is 9.47 Å². The van der Waals surface area contributed by atoms with Crippen molar-refractivity contribution in [2.45, 2.75) is 52.7 Å². The second-order valence-corrected chi connectivity index (χ2v) is 7.90. The summed E-state index contributed by atoms with van der Waals surface area (Å²) in [5, 5.41) is 16.7. The van der Waals surface area contributed by atoms with Gasteiger partial charge < -0.3 is 14.6 Å². The van der Waals surface area contributed by atoms with Crippen LogP contribution in [-0.4, -0.2) is 45.2 Å². The van der Waals surface area contributed by atoms with Crippen LogP contribution in [0.3, 0.4) is 0 Å². The van der Waals surface area contributed by atoms with E-state index in [-0.39, 0.29) is 10.8 Å². The maximum atomic E-state index is 11.7. The van der Waals surface area contributed by atoms with Crippen molar-refractivity contribution in [2.75, 3.05) is 5.32 Å². The zero-order chi connectivity index (χ0) is 20.1. The molecule has 144 valence electrons. The standard InChI is InChI=1S/C15H22N4O6S/c1-14(2,3)24-12(22)17-11-16-8(7-26-11)9(10(20)21)18-19-13(23)25-15(4,5)6/h7H,1-6H3,(H,19,23)(H,20,21)(H,16,17,22). The van der Waals surface area contributed by atoms with Gasteiger partial charge in [0.15, 0.2) is 10.8 Å². The molecule has 0 radical (unpaired) electrons. The molecule has 1 aromatic heterocycles. The molecule has 0 saturated carbocycles. The Morgan fingerprint density at radius 2 is 1.62 bits per heavy atom. The molecular formula is C15H22N4O6S. The average Bonchev–Trinajstić information content (AvgIpc) is 2.82. The van der Waals surface area contributed by atoms with Gasteiger partial charge in [-0.05, 0) is 41.5 Å². The molecule has 0 aliphatic heterocycles. The number of hydrazone groups is 1. The van der Waals surface area contributed by atoms with E-state index >= 15 is 0 Å². The number of nitrogens with one attached hydrogen (secondary N) is 2. The molecule has 1 aromatic rings. The number of ether oxygens (including phenoxy) is 2. The van der Waals surface area contributed by atoms with Gasteiger partial charge in [-0.1, -0.05) is 0 Å². The van der Waals surface area contributed by atoms with Crippen molar-refractivity contribution in [3.05, 3.63) is 11.1 Å². The molecule has 0 atom stereocenters. The van der Waals surface area contributed by atoms with Crippen LogP contribution in [0.1, 0.15) is 47.2 Å². The van der Waals surface area contributed by atoms with Crippen molar-refractivity contribution in [3.63, 3.8) is 0 Å². The second-order valence-electron chi connectivity index (χ2n) is 7.04. The Balaban J connectivity index is 2.85. The van der Waals surface area contributed by atoms with Crippen LogP contribution in [0.5, 0.6) is 0 Å². The monoisotopic (exact) mass is 386 g/mol. The molecule has 10 nitrogen and oxygen atoms in total. The molecule has 0 aliphatic rings. The van der Waals surface area contributed by atoms with Crippen LogP contribution in [0.15, 0.2) is 10.5 Å². The molecule has 0 saturated heterocycles. The third-order valence-electron chi connectivity index (χ3n) is 2.22. The van der Waals surface area contributed by atoms with Crippen LogP contribution in [0.25, 0.3) is 0 Å². The number of nitrogens with zero attached hydrogens (tertiary/aromatic N) is 2. The Morgan fingerprint density at radius 3 is 2.12 bits per heavy atom. The molecule has 0 unspecified atom stereocenters. The van der Waals surface area contributed by atoms with Gasteiger partial charge in [0, 0.05) is 5.38 Å². The Morgan fingerprint density at radius 1 is 1.08 bits per heavy atom. The number of carboxylic acids is 1. The lowest BCUT2D eigenvalue weighted by atomic mass is 10.2. The summed E-state index contributed by atoms with van der Waals surface area (Å²) in [4.78, 5) is 38.6. The lowest BCUT2D eigenvalue weighted by molar-refractivity contribution is -0.129. The SMILES string of the molecule is CC(C)(C)OC(=O)NN=C(C(=O)O)c1csc(NC(=O)OC(C)(C)C)n1. The van der Waals surface area contributed by atoms with Crippen LogP contribution in [0, 0.1) is 0 Å². The summed E-state index contributed by atoms with van der Waals surface area (Å²) in [7, 11) is 0. The summed E-state index contributed by atoms with van der Waals surface area (Å²) >= 11 is 0.983. The number of aliphatic carboxylic acids is 1. The van der Waals surface area contributed by atoms with Gasteiger partial charge >= 0.3 is 18.2 Å². The van der Waals surface area contributed by atoms with Crippen LogP contribution in [0.2, 0.25) is 0 Å². The number of anilines is 1. The van der Waals surface area contributed by atoms with Gasteiger partial charge in [-0.3, -0.25) is 5.32 Å². The molecule has 1 heterocycles. The van der Waals surface area contributed by atoms with Gasteiger partial charge in [0.1, 0.15) is 16.9 Å². The summed E-state index contributed by atoms with van der Waals surface area (Å²) in [6.45, 7) is 10.1. The second kappa shape index (κ2) is 8.13. The average molecular weight is 386 g/mol. The first kappa shape index (κ1) is 21.4. The molecule has 11 heteroatoms. The maximum Gasteiger partial charge on any atom is 0.428 e. The molecule has 26 heavy (non-hydrogen) atoms. The fraction of sp³-hybridized carbons (Fsp3) is 0.533. The van der Waals surface area contributed by atoms with Gasteiger partial charge in [-0.15, -0.1) is 11.3 Å². The molecule has 3 N–H and O–H groups in total. The van der Waals surface area contributed by atoms with Crippen molar-refractivity contribution in [2.24, 2.45) is 5.10 Å². The Labute approximate surface area is 154 Å². The largest absolute Gasteiger partial charge is 0.476 e. The predicted molar refractivity (Wildman–Crippen MR) is 95.5 cm³/mol. The van der Waals surface area contributed by atoms with Crippen molar-refractivity contribution < 1.29 is 29.0 Å². The van der Waals surface area contributed by atoms with Gasteiger partial charge in [-0.25, -0.2) is 24.8 Å². The molecule has 0 aliphatic carbocycles. The normalized spacial score (nSPS) is 12.3. The number of carbonyl (C=O) groups is 3. The van der Waals surface area contributed by atoms with E-state index in [1.54, 1.807) is 41.5 Å². The molecule has 2 amide bonds. The van der Waals surface area contributed by atoms with Gasteiger partial charge in [0.25, 0.3) is 0 Å². The fourth-order valence-corrected chi connectivity index (χ4v) is 2.13. The smallest absolute Gasteiger partial charge is 0.428 e. The number of carbonyl (C=O) groups excluding carboxylic acids is 2. The van der Waals surface area contributed by atoms with E-state index in [1.165, 1.54) is 5.38 Å². The number of thiazole rings is 1. The third kappa shape index (κ3) is 7.92. The van der Waals surface area contributed by atoms with Gasteiger partial charge in [-0.2, -0.15) is 5.10 Å². The van der Waals surface area contributed by atoms with Crippen molar-refractivity contribution in [3.8, 4) is 0 Å². The van der Waals surface area contributed by atoms with Gasteiger partial charge in [0.05, 0.1) is 0 Å². The number of carboxylic acid groups (broad SMARTS) is 1. The van der Waals surface area contributed by atoms with Crippen LogP contribution >= 0.6 is 11.3 Å². The first-order chi connectivity index (χ1) is 11.8. The van der Waals surface area contributed by atoms with Gasteiger partial charge in [0.2, 0.25) is 0 Å². The quantitative estimate of drug-likeness (QED) is 0.534. The lowest BCUT2D eigenvalue weighted by Crippen LogP contribution is -2.31. The minimum atomic E-state index is -1.41. The topological polar surface area (TPSA) is 139 Å². The van der Waals surface area contributed by atoms with Crippen molar-refractivity contribution in [1.82, 2.24) is 10.4 Å².